The van der Waals surface area contributed by atoms with E-state index >= 15 is 0 Å². The fraction of sp³-hybridized carbons (Fsp3) is 0.933. The molecule has 18 heavy (non-hydrogen) atoms. The van der Waals surface area contributed by atoms with Crippen molar-refractivity contribution in [2.24, 2.45) is 5.41 Å². The van der Waals surface area contributed by atoms with E-state index in [1.165, 1.54) is 51.4 Å². The third-order valence-electron chi connectivity index (χ3n) is 5.63. The number of hydrogen-bond acceptors (Lipinski definition) is 2. The summed E-state index contributed by atoms with van der Waals surface area (Å²) in [6.45, 7) is 3.63. The van der Waals surface area contributed by atoms with Crippen LogP contribution >= 0.6 is 0 Å². The topological polar surface area (TPSA) is 40.5 Å². The summed E-state index contributed by atoms with van der Waals surface area (Å²) < 4.78 is 0. The Morgan fingerprint density at radius 3 is 2.11 bits per heavy atom. The number of aliphatic carboxylic acids is 1. The molecule has 0 bridgehead atoms. The van der Waals surface area contributed by atoms with Gasteiger partial charge in [-0.1, -0.05) is 12.8 Å². The number of nitrogens with zero attached hydrogens (tertiary/aromatic N) is 1. The smallest absolute Gasteiger partial charge is 0.323 e. The molecule has 1 N–H and O–H groups in total. The fourth-order valence-corrected chi connectivity index (χ4v) is 3.83. The number of rotatable bonds is 3. The highest BCUT2D eigenvalue weighted by atomic mass is 16.4. The normalized spacial score (nSPS) is 24.9. The van der Waals surface area contributed by atoms with Gasteiger partial charge in [-0.15, -0.1) is 0 Å². The molecule has 0 heterocycles. The molecule has 2 aliphatic carbocycles. The van der Waals surface area contributed by atoms with Gasteiger partial charge in [-0.25, -0.2) is 0 Å². The highest BCUT2D eigenvalue weighted by molar-refractivity contribution is 5.77. The fourth-order valence-electron chi connectivity index (χ4n) is 3.83. The molecule has 2 aliphatic rings. The summed E-state index contributed by atoms with van der Waals surface area (Å²) in [6.07, 6.45) is 10.6. The quantitative estimate of drug-likeness (QED) is 0.839. The molecule has 0 aromatic rings. The largest absolute Gasteiger partial charge is 0.480 e. The summed E-state index contributed by atoms with van der Waals surface area (Å²) in [5, 5.41) is 9.31. The van der Waals surface area contributed by atoms with E-state index in [2.05, 4.69) is 4.90 Å². The molecule has 1 spiro atoms. The molecule has 2 rings (SSSR count). The zero-order valence-electron chi connectivity index (χ0n) is 12.0. The van der Waals surface area contributed by atoms with E-state index in [1.54, 1.807) is 0 Å². The van der Waals surface area contributed by atoms with Gasteiger partial charge in [0.25, 0.3) is 0 Å². The van der Waals surface area contributed by atoms with Crippen LogP contribution in [0.15, 0.2) is 0 Å². The third kappa shape index (κ3) is 2.42. The van der Waals surface area contributed by atoms with E-state index in [0.717, 1.165) is 0 Å². The van der Waals surface area contributed by atoms with Crippen LogP contribution < -0.4 is 0 Å². The number of carboxylic acid groups (broad SMARTS) is 1. The third-order valence-corrected chi connectivity index (χ3v) is 5.63. The number of hydrogen-bond donors (Lipinski definition) is 1. The van der Waals surface area contributed by atoms with Crippen molar-refractivity contribution in [2.75, 3.05) is 7.05 Å². The lowest BCUT2D eigenvalue weighted by Gasteiger charge is -2.44. The zero-order valence-corrected chi connectivity index (χ0v) is 12.0. The van der Waals surface area contributed by atoms with Crippen molar-refractivity contribution >= 4 is 5.97 Å². The van der Waals surface area contributed by atoms with Crippen LogP contribution in [0, 0.1) is 5.41 Å². The first-order valence-electron chi connectivity index (χ1n) is 7.34. The molecule has 104 valence electrons. The Balaban J connectivity index is 1.95. The van der Waals surface area contributed by atoms with Crippen LogP contribution in [0.3, 0.4) is 0 Å². The van der Waals surface area contributed by atoms with Crippen LogP contribution in [0.5, 0.6) is 0 Å². The van der Waals surface area contributed by atoms with Crippen molar-refractivity contribution in [3.8, 4) is 0 Å². The van der Waals surface area contributed by atoms with Crippen LogP contribution in [-0.4, -0.2) is 34.6 Å². The van der Waals surface area contributed by atoms with Crippen LogP contribution in [-0.2, 0) is 4.79 Å². The highest BCUT2D eigenvalue weighted by Gasteiger charge is 2.42. The molecule has 0 amide bonds. The van der Waals surface area contributed by atoms with Gasteiger partial charge in [-0.3, -0.25) is 9.69 Å². The molecule has 2 saturated carbocycles. The Morgan fingerprint density at radius 1 is 1.17 bits per heavy atom. The van der Waals surface area contributed by atoms with Gasteiger partial charge in [-0.2, -0.15) is 0 Å². The molecular weight excluding hydrogens is 226 g/mol. The summed E-state index contributed by atoms with van der Waals surface area (Å²) in [5.74, 6) is -0.717. The predicted octanol–water partition coefficient (Wildman–Crippen LogP) is 3.28. The van der Waals surface area contributed by atoms with Gasteiger partial charge in [-0.05, 0) is 64.8 Å². The maximum atomic E-state index is 11.3. The standard InChI is InChI=1S/C15H27NO2/c1-14(2,13(17)18)16(3)12-6-10-15(11-7-12)8-4-5-9-15/h12H,4-11H2,1-3H3,(H,17,18). The van der Waals surface area contributed by atoms with E-state index < -0.39 is 11.5 Å². The molecule has 2 fully saturated rings. The van der Waals surface area contributed by atoms with E-state index in [1.807, 2.05) is 20.9 Å². The van der Waals surface area contributed by atoms with Gasteiger partial charge in [0.2, 0.25) is 0 Å². The molecule has 0 aromatic heterocycles. The van der Waals surface area contributed by atoms with Crippen molar-refractivity contribution in [1.82, 2.24) is 4.90 Å². The molecule has 0 aromatic carbocycles. The van der Waals surface area contributed by atoms with Crippen molar-refractivity contribution in [2.45, 2.75) is 76.8 Å². The maximum absolute atomic E-state index is 11.3. The molecule has 0 unspecified atom stereocenters. The summed E-state index contributed by atoms with van der Waals surface area (Å²) in [6, 6.07) is 0.447. The summed E-state index contributed by atoms with van der Waals surface area (Å²) >= 11 is 0. The molecule has 3 nitrogen and oxygen atoms in total. The second-order valence-electron chi connectivity index (χ2n) is 6.91. The monoisotopic (exact) mass is 253 g/mol. The van der Waals surface area contributed by atoms with Gasteiger partial charge in [0.05, 0.1) is 0 Å². The second kappa shape index (κ2) is 4.84. The van der Waals surface area contributed by atoms with E-state index in [9.17, 15) is 9.90 Å². The Labute approximate surface area is 111 Å². The molecule has 0 radical (unpaired) electrons. The minimum absolute atomic E-state index is 0.447. The van der Waals surface area contributed by atoms with Gasteiger partial charge >= 0.3 is 5.97 Å². The minimum atomic E-state index is -0.745. The van der Waals surface area contributed by atoms with Crippen molar-refractivity contribution in [3.63, 3.8) is 0 Å². The zero-order chi connectivity index (χ0) is 13.4. The van der Waals surface area contributed by atoms with E-state index in [-0.39, 0.29) is 0 Å². The van der Waals surface area contributed by atoms with Gasteiger partial charge in [0, 0.05) is 6.04 Å². The molecule has 3 heteroatoms. The van der Waals surface area contributed by atoms with Crippen molar-refractivity contribution in [1.29, 1.82) is 0 Å². The maximum Gasteiger partial charge on any atom is 0.323 e. The first kappa shape index (κ1) is 13.9. The van der Waals surface area contributed by atoms with Crippen molar-refractivity contribution in [3.05, 3.63) is 0 Å². The van der Waals surface area contributed by atoms with Crippen LogP contribution in [0.25, 0.3) is 0 Å². The lowest BCUT2D eigenvalue weighted by molar-refractivity contribution is -0.150. The Hall–Kier alpha value is -0.570. The molecule has 0 atom stereocenters. The molecular formula is C15H27NO2. The SMILES string of the molecule is CN(C1CCC2(CCCC2)CC1)C(C)(C)C(=O)O. The second-order valence-corrected chi connectivity index (χ2v) is 6.91. The van der Waals surface area contributed by atoms with Gasteiger partial charge < -0.3 is 5.11 Å². The van der Waals surface area contributed by atoms with Gasteiger partial charge in [0.1, 0.15) is 5.54 Å². The van der Waals surface area contributed by atoms with Crippen molar-refractivity contribution < 1.29 is 9.90 Å². The van der Waals surface area contributed by atoms with Crippen LogP contribution in [0.1, 0.15) is 65.2 Å². The Bertz CT molecular complexity index is 308. The van der Waals surface area contributed by atoms with Gasteiger partial charge in [0.15, 0.2) is 0 Å². The summed E-state index contributed by atoms with van der Waals surface area (Å²) in [4.78, 5) is 13.4. The Morgan fingerprint density at radius 2 is 1.67 bits per heavy atom. The highest BCUT2D eigenvalue weighted by Crippen LogP contribution is 2.49. The first-order valence-corrected chi connectivity index (χ1v) is 7.34. The van der Waals surface area contributed by atoms with E-state index in [0.29, 0.717) is 11.5 Å². The summed E-state index contributed by atoms with van der Waals surface area (Å²) in [7, 11) is 1.98. The van der Waals surface area contributed by atoms with Crippen LogP contribution in [0.4, 0.5) is 0 Å². The Kier molecular flexibility index (Phi) is 3.72. The minimum Gasteiger partial charge on any atom is -0.480 e. The number of carboxylic acids is 1. The van der Waals surface area contributed by atoms with Crippen LogP contribution in [0.2, 0.25) is 0 Å². The lowest BCUT2D eigenvalue weighted by Crippen LogP contribution is -2.53. The number of carbonyl (C=O) groups is 1. The average molecular weight is 253 g/mol. The lowest BCUT2D eigenvalue weighted by atomic mass is 9.71. The van der Waals surface area contributed by atoms with E-state index in [4.69, 9.17) is 0 Å². The average Bonchev–Trinajstić information content (AvgIpc) is 2.77. The summed E-state index contributed by atoms with van der Waals surface area (Å²) in [5.41, 5.74) is -0.116. The molecule has 0 aliphatic heterocycles. The predicted molar refractivity (Wildman–Crippen MR) is 72.6 cm³/mol. The first-order chi connectivity index (χ1) is 8.37. The number of likely N-dealkylation sites (N-methyl/N-ethyl adjacent to an activating group) is 1. The molecule has 0 saturated heterocycles.